The Kier molecular flexibility index (Phi) is 5.94. The highest BCUT2D eigenvalue weighted by Crippen LogP contribution is 2.21. The number of rotatable bonds is 7. The minimum Gasteiger partial charge on any atom is -0.293 e. The van der Waals surface area contributed by atoms with Crippen LogP contribution in [0.5, 0.6) is 0 Å². The van der Waals surface area contributed by atoms with Gasteiger partial charge in [-0.25, -0.2) is 13.4 Å². The number of aryl methyl sites for hydroxylation is 2. The van der Waals surface area contributed by atoms with Crippen LogP contribution < -0.4 is 5.56 Å². The molecule has 0 bridgehead atoms. The summed E-state index contributed by atoms with van der Waals surface area (Å²) in [5, 5.41) is -0.0865. The average molecular weight is 468 g/mol. The van der Waals surface area contributed by atoms with Crippen molar-refractivity contribution in [1.82, 2.24) is 14.1 Å². The SMILES string of the molecule is Cc1ccc(C(=O)CCc2cn(-c3ccc(-n4ccccc4=O)cc3)c(S(C)(=O)=O)n2)s1. The first-order valence-corrected chi connectivity index (χ1v) is 12.6. The van der Waals surface area contributed by atoms with Crippen LogP contribution in [0.2, 0.25) is 0 Å². The van der Waals surface area contributed by atoms with Gasteiger partial charge >= 0.3 is 0 Å². The lowest BCUT2D eigenvalue weighted by Crippen LogP contribution is -2.15. The van der Waals surface area contributed by atoms with Gasteiger partial charge < -0.3 is 0 Å². The van der Waals surface area contributed by atoms with Gasteiger partial charge in [-0.15, -0.1) is 11.3 Å². The summed E-state index contributed by atoms with van der Waals surface area (Å²) in [7, 11) is -3.60. The van der Waals surface area contributed by atoms with Crippen LogP contribution in [0.3, 0.4) is 0 Å². The average Bonchev–Trinajstić information content (AvgIpc) is 3.39. The van der Waals surface area contributed by atoms with Gasteiger partial charge in [0.1, 0.15) is 0 Å². The smallest absolute Gasteiger partial charge is 0.255 e. The quantitative estimate of drug-likeness (QED) is 0.387. The molecule has 0 saturated carbocycles. The van der Waals surface area contributed by atoms with E-state index in [2.05, 4.69) is 4.98 Å². The highest BCUT2D eigenvalue weighted by molar-refractivity contribution is 7.90. The summed E-state index contributed by atoms with van der Waals surface area (Å²) >= 11 is 1.45. The standard InChI is InChI=1S/C23H21N3O4S2/c1-16-6-13-21(31-16)20(27)12-7-17-15-26(23(24-17)32(2,29)30)19-10-8-18(9-11-19)25-14-4-3-5-22(25)28/h3-6,8-11,13-15H,7,12H2,1-2H3. The van der Waals surface area contributed by atoms with Gasteiger partial charge in [-0.05, 0) is 55.8 Å². The second kappa shape index (κ2) is 8.68. The van der Waals surface area contributed by atoms with E-state index in [4.69, 9.17) is 0 Å². The number of nitrogens with zero attached hydrogens (tertiary/aromatic N) is 3. The normalized spacial score (nSPS) is 11.6. The first kappa shape index (κ1) is 21.9. The van der Waals surface area contributed by atoms with Crippen molar-refractivity contribution in [2.24, 2.45) is 0 Å². The van der Waals surface area contributed by atoms with E-state index in [9.17, 15) is 18.0 Å². The summed E-state index contributed by atoms with van der Waals surface area (Å²) < 4.78 is 27.7. The molecule has 4 aromatic rings. The number of aromatic nitrogens is 3. The Morgan fingerprint density at radius 1 is 1.00 bits per heavy atom. The van der Waals surface area contributed by atoms with Crippen LogP contribution in [0.15, 0.2) is 76.9 Å². The maximum Gasteiger partial charge on any atom is 0.255 e. The maximum atomic E-state index is 12.4. The van der Waals surface area contributed by atoms with Crippen LogP contribution in [-0.4, -0.2) is 34.6 Å². The molecule has 0 atom stereocenters. The van der Waals surface area contributed by atoms with Crippen LogP contribution in [0.4, 0.5) is 0 Å². The molecule has 0 spiro atoms. The van der Waals surface area contributed by atoms with Crippen LogP contribution >= 0.6 is 11.3 Å². The summed E-state index contributed by atoms with van der Waals surface area (Å²) in [6, 6.07) is 15.6. The van der Waals surface area contributed by atoms with Crippen molar-refractivity contribution >= 4 is 27.0 Å². The fourth-order valence-electron chi connectivity index (χ4n) is 3.34. The summed E-state index contributed by atoms with van der Waals surface area (Å²) in [5.74, 6) is 0.0104. The lowest BCUT2D eigenvalue weighted by atomic mass is 10.1. The van der Waals surface area contributed by atoms with E-state index in [-0.39, 0.29) is 22.9 Å². The zero-order chi connectivity index (χ0) is 22.9. The number of hydrogen-bond donors (Lipinski definition) is 0. The van der Waals surface area contributed by atoms with Gasteiger partial charge in [-0.2, -0.15) is 0 Å². The predicted molar refractivity (Wildman–Crippen MR) is 124 cm³/mol. The van der Waals surface area contributed by atoms with Crippen LogP contribution in [0, 0.1) is 6.92 Å². The molecular weight excluding hydrogens is 446 g/mol. The van der Waals surface area contributed by atoms with Crippen molar-refractivity contribution in [2.75, 3.05) is 6.26 Å². The lowest BCUT2D eigenvalue weighted by molar-refractivity contribution is 0.0986. The molecule has 9 heteroatoms. The van der Waals surface area contributed by atoms with Crippen LogP contribution in [0.25, 0.3) is 11.4 Å². The fourth-order valence-corrected chi connectivity index (χ4v) is 4.97. The van der Waals surface area contributed by atoms with E-state index in [1.54, 1.807) is 48.8 Å². The second-order valence-corrected chi connectivity index (χ2v) is 10.6. The Morgan fingerprint density at radius 2 is 1.69 bits per heavy atom. The van der Waals surface area contributed by atoms with E-state index in [1.807, 2.05) is 19.1 Å². The number of imidazole rings is 1. The molecule has 3 heterocycles. The second-order valence-electron chi connectivity index (χ2n) is 7.42. The lowest BCUT2D eigenvalue weighted by Gasteiger charge is -2.09. The molecule has 0 aliphatic carbocycles. The van der Waals surface area contributed by atoms with Gasteiger partial charge in [0, 0.05) is 47.4 Å². The number of pyridine rings is 1. The van der Waals surface area contributed by atoms with Gasteiger partial charge in [0.25, 0.3) is 5.56 Å². The molecule has 7 nitrogen and oxygen atoms in total. The molecule has 4 rings (SSSR count). The molecule has 0 amide bonds. The van der Waals surface area contributed by atoms with Gasteiger partial charge in [0.2, 0.25) is 15.0 Å². The van der Waals surface area contributed by atoms with Crippen LogP contribution in [0.1, 0.15) is 26.7 Å². The molecule has 0 N–H and O–H groups in total. The molecule has 3 aromatic heterocycles. The first-order chi connectivity index (χ1) is 15.2. The zero-order valence-corrected chi connectivity index (χ0v) is 19.2. The summed E-state index contributed by atoms with van der Waals surface area (Å²) in [6.45, 7) is 1.95. The molecule has 0 fully saturated rings. The third-order valence-corrected chi connectivity index (χ3v) is 6.90. The van der Waals surface area contributed by atoms with E-state index >= 15 is 0 Å². The van der Waals surface area contributed by atoms with E-state index in [1.165, 1.54) is 26.5 Å². The highest BCUT2D eigenvalue weighted by atomic mass is 32.2. The third-order valence-electron chi connectivity index (χ3n) is 4.91. The summed E-state index contributed by atoms with van der Waals surface area (Å²) in [4.78, 5) is 30.5. The summed E-state index contributed by atoms with van der Waals surface area (Å²) in [5.41, 5.74) is 1.62. The number of carbonyl (C=O) groups excluding carboxylic acids is 1. The Bertz CT molecular complexity index is 1440. The minimum absolute atomic E-state index is 0.0104. The number of thiophene rings is 1. The molecule has 0 saturated heterocycles. The van der Waals surface area contributed by atoms with Gasteiger partial charge in [0.15, 0.2) is 5.78 Å². The number of carbonyl (C=O) groups is 1. The van der Waals surface area contributed by atoms with Gasteiger partial charge in [-0.3, -0.25) is 18.7 Å². The molecule has 1 aromatic carbocycles. The van der Waals surface area contributed by atoms with Crippen molar-refractivity contribution < 1.29 is 13.2 Å². The van der Waals surface area contributed by atoms with Crippen molar-refractivity contribution in [3.05, 3.63) is 92.8 Å². The third kappa shape index (κ3) is 4.63. The van der Waals surface area contributed by atoms with Crippen LogP contribution in [-0.2, 0) is 16.3 Å². The zero-order valence-electron chi connectivity index (χ0n) is 17.6. The first-order valence-electron chi connectivity index (χ1n) is 9.89. The maximum absolute atomic E-state index is 12.4. The Hall–Kier alpha value is -3.30. The predicted octanol–water partition coefficient (Wildman–Crippen LogP) is 3.61. The number of Topliss-reactive ketones (excluding diaryl/α,β-unsaturated/α-hetero) is 1. The monoisotopic (exact) mass is 467 g/mol. The number of ketones is 1. The molecule has 164 valence electrons. The topological polar surface area (TPSA) is 91.0 Å². The van der Waals surface area contributed by atoms with E-state index < -0.39 is 9.84 Å². The van der Waals surface area contributed by atoms with Crippen molar-refractivity contribution in [3.63, 3.8) is 0 Å². The Balaban J connectivity index is 1.62. The fraction of sp³-hybridized carbons (Fsp3) is 0.174. The molecule has 32 heavy (non-hydrogen) atoms. The minimum atomic E-state index is -3.60. The Morgan fingerprint density at radius 3 is 2.28 bits per heavy atom. The van der Waals surface area contributed by atoms with Crippen molar-refractivity contribution in [2.45, 2.75) is 24.9 Å². The largest absolute Gasteiger partial charge is 0.293 e. The van der Waals surface area contributed by atoms with Gasteiger partial charge in [-0.1, -0.05) is 6.07 Å². The van der Waals surface area contributed by atoms with Crippen molar-refractivity contribution in [1.29, 1.82) is 0 Å². The number of sulfone groups is 1. The highest BCUT2D eigenvalue weighted by Gasteiger charge is 2.20. The number of benzene rings is 1. The number of hydrogen-bond acceptors (Lipinski definition) is 6. The molecule has 0 radical (unpaired) electrons. The summed E-state index contributed by atoms with van der Waals surface area (Å²) in [6.07, 6.45) is 5.00. The molecular formula is C23H21N3O4S2. The molecule has 0 aliphatic rings. The van der Waals surface area contributed by atoms with Gasteiger partial charge in [0.05, 0.1) is 10.6 Å². The molecule has 0 unspecified atom stereocenters. The molecule has 0 aliphatic heterocycles. The van der Waals surface area contributed by atoms with Crippen molar-refractivity contribution in [3.8, 4) is 11.4 Å². The van der Waals surface area contributed by atoms with E-state index in [0.717, 1.165) is 11.1 Å². The Labute approximate surface area is 189 Å². The van der Waals surface area contributed by atoms with E-state index in [0.29, 0.717) is 28.4 Å².